The van der Waals surface area contributed by atoms with Gasteiger partial charge in [-0.3, -0.25) is 4.79 Å². The molecule has 98 valence electrons. The van der Waals surface area contributed by atoms with Crippen LogP contribution < -0.4 is 5.73 Å². The highest BCUT2D eigenvalue weighted by atomic mass is 16.3. The van der Waals surface area contributed by atoms with Crippen LogP contribution in [0, 0.1) is 0 Å². The van der Waals surface area contributed by atoms with E-state index in [1.165, 1.54) is 0 Å². The van der Waals surface area contributed by atoms with E-state index in [0.29, 0.717) is 13.0 Å². The number of nitrogens with two attached hydrogens (primary N) is 1. The minimum Gasteiger partial charge on any atom is -0.505 e. The SMILES string of the molecule is Nc1cccc(C(=O)N2CCCC2CCO)c1O. The van der Waals surface area contributed by atoms with Gasteiger partial charge in [0.25, 0.3) is 5.91 Å². The third-order valence-electron chi connectivity index (χ3n) is 3.40. The van der Waals surface area contributed by atoms with Crippen LogP contribution in [0.5, 0.6) is 5.75 Å². The van der Waals surface area contributed by atoms with Gasteiger partial charge in [-0.2, -0.15) is 0 Å². The Labute approximate surface area is 106 Å². The molecule has 0 aromatic heterocycles. The van der Waals surface area contributed by atoms with Gasteiger partial charge in [0.2, 0.25) is 0 Å². The lowest BCUT2D eigenvalue weighted by molar-refractivity contribution is 0.0713. The highest BCUT2D eigenvalue weighted by Crippen LogP contribution is 2.29. The van der Waals surface area contributed by atoms with Crippen molar-refractivity contribution >= 4 is 11.6 Å². The first-order chi connectivity index (χ1) is 8.65. The molecule has 0 aliphatic carbocycles. The Morgan fingerprint density at radius 3 is 3.00 bits per heavy atom. The number of aliphatic hydroxyl groups excluding tert-OH is 1. The lowest BCUT2D eigenvalue weighted by atomic mass is 10.1. The second-order valence-electron chi connectivity index (χ2n) is 4.55. The number of phenolic OH excluding ortho intramolecular Hbond substituents is 1. The van der Waals surface area contributed by atoms with E-state index >= 15 is 0 Å². The number of nitrogens with zero attached hydrogens (tertiary/aromatic N) is 1. The zero-order chi connectivity index (χ0) is 13.1. The van der Waals surface area contributed by atoms with E-state index in [4.69, 9.17) is 10.8 Å². The molecule has 1 amide bonds. The van der Waals surface area contributed by atoms with E-state index in [-0.39, 0.29) is 35.6 Å². The quantitative estimate of drug-likeness (QED) is 0.551. The van der Waals surface area contributed by atoms with Gasteiger partial charge in [0, 0.05) is 19.2 Å². The minimum atomic E-state index is -0.212. The molecule has 5 nitrogen and oxygen atoms in total. The van der Waals surface area contributed by atoms with Crippen LogP contribution in [0.25, 0.3) is 0 Å². The third-order valence-corrected chi connectivity index (χ3v) is 3.40. The summed E-state index contributed by atoms with van der Waals surface area (Å²) in [7, 11) is 0. The number of aromatic hydroxyl groups is 1. The van der Waals surface area contributed by atoms with Crippen molar-refractivity contribution in [3.05, 3.63) is 23.8 Å². The zero-order valence-electron chi connectivity index (χ0n) is 10.2. The number of phenols is 1. The first-order valence-corrected chi connectivity index (χ1v) is 6.14. The molecule has 0 bridgehead atoms. The number of hydrogen-bond donors (Lipinski definition) is 3. The van der Waals surface area contributed by atoms with Gasteiger partial charge in [-0.15, -0.1) is 0 Å². The summed E-state index contributed by atoms with van der Waals surface area (Å²) in [4.78, 5) is 14.0. The number of aliphatic hydroxyl groups is 1. The number of benzene rings is 1. The number of anilines is 1. The van der Waals surface area contributed by atoms with E-state index in [2.05, 4.69) is 0 Å². The third kappa shape index (κ3) is 2.26. The average Bonchev–Trinajstić information content (AvgIpc) is 2.80. The number of likely N-dealkylation sites (tertiary alicyclic amines) is 1. The summed E-state index contributed by atoms with van der Waals surface area (Å²) in [5, 5.41) is 18.8. The molecule has 0 spiro atoms. The maximum atomic E-state index is 12.3. The average molecular weight is 250 g/mol. The summed E-state index contributed by atoms with van der Waals surface area (Å²) in [6.45, 7) is 0.731. The van der Waals surface area contributed by atoms with Crippen LogP contribution in [-0.4, -0.2) is 40.2 Å². The molecule has 4 N–H and O–H groups in total. The second kappa shape index (κ2) is 5.27. The van der Waals surface area contributed by atoms with Crippen LogP contribution in [0.4, 0.5) is 5.69 Å². The van der Waals surface area contributed by atoms with Gasteiger partial charge in [-0.25, -0.2) is 0 Å². The smallest absolute Gasteiger partial charge is 0.257 e. The van der Waals surface area contributed by atoms with E-state index in [1.54, 1.807) is 23.1 Å². The van der Waals surface area contributed by atoms with Gasteiger partial charge in [0.15, 0.2) is 5.75 Å². The van der Waals surface area contributed by atoms with Crippen molar-refractivity contribution in [1.82, 2.24) is 4.90 Å². The first-order valence-electron chi connectivity index (χ1n) is 6.14. The summed E-state index contributed by atoms with van der Waals surface area (Å²) < 4.78 is 0. The molecule has 1 heterocycles. The molecule has 1 aliphatic rings. The summed E-state index contributed by atoms with van der Waals surface area (Å²) in [6.07, 6.45) is 2.41. The summed E-state index contributed by atoms with van der Waals surface area (Å²) in [5.41, 5.74) is 6.03. The molecule has 1 atom stereocenters. The molecule has 0 radical (unpaired) electrons. The number of hydrogen-bond acceptors (Lipinski definition) is 4. The standard InChI is InChI=1S/C13H18N2O3/c14-11-5-1-4-10(12(11)17)13(18)15-7-2-3-9(15)6-8-16/h1,4-5,9,16-17H,2-3,6-8,14H2. The maximum Gasteiger partial charge on any atom is 0.257 e. The van der Waals surface area contributed by atoms with Crippen molar-refractivity contribution in [2.24, 2.45) is 0 Å². The van der Waals surface area contributed by atoms with E-state index in [1.807, 2.05) is 0 Å². The Hall–Kier alpha value is -1.75. The largest absolute Gasteiger partial charge is 0.505 e. The number of rotatable bonds is 3. The molecule has 0 saturated carbocycles. The topological polar surface area (TPSA) is 86.8 Å². The molecule has 1 aromatic rings. The summed E-state index contributed by atoms with van der Waals surface area (Å²) in [5.74, 6) is -0.368. The van der Waals surface area contributed by atoms with Crippen LogP contribution in [0.1, 0.15) is 29.6 Å². The van der Waals surface area contributed by atoms with Crippen LogP contribution in [0.15, 0.2) is 18.2 Å². The lowest BCUT2D eigenvalue weighted by Crippen LogP contribution is -2.36. The summed E-state index contributed by atoms with van der Waals surface area (Å²) >= 11 is 0. The van der Waals surface area contributed by atoms with Gasteiger partial charge in [0.05, 0.1) is 11.3 Å². The molecule has 18 heavy (non-hydrogen) atoms. The van der Waals surface area contributed by atoms with Crippen molar-refractivity contribution in [2.45, 2.75) is 25.3 Å². The van der Waals surface area contributed by atoms with E-state index in [9.17, 15) is 9.90 Å². The van der Waals surface area contributed by atoms with Gasteiger partial charge in [-0.05, 0) is 31.4 Å². The van der Waals surface area contributed by atoms with E-state index < -0.39 is 0 Å². The van der Waals surface area contributed by atoms with Gasteiger partial charge < -0.3 is 20.8 Å². The number of amides is 1. The molecule has 1 aliphatic heterocycles. The van der Waals surface area contributed by atoms with Gasteiger partial charge in [0.1, 0.15) is 0 Å². The van der Waals surface area contributed by atoms with E-state index in [0.717, 1.165) is 12.8 Å². The molecule has 2 rings (SSSR count). The highest BCUT2D eigenvalue weighted by molar-refractivity contribution is 5.98. The molecular weight excluding hydrogens is 232 g/mol. The molecule has 5 heteroatoms. The Balaban J connectivity index is 2.23. The Bertz CT molecular complexity index is 448. The molecular formula is C13H18N2O3. The number of carbonyl (C=O) groups excluding carboxylic acids is 1. The fraction of sp³-hybridized carbons (Fsp3) is 0.462. The Morgan fingerprint density at radius 2 is 2.28 bits per heavy atom. The minimum absolute atomic E-state index is 0.0586. The number of nitrogen functional groups attached to an aromatic ring is 1. The van der Waals surface area contributed by atoms with Crippen molar-refractivity contribution in [3.8, 4) is 5.75 Å². The van der Waals surface area contributed by atoms with Crippen LogP contribution in [0.2, 0.25) is 0 Å². The molecule has 1 fully saturated rings. The van der Waals surface area contributed by atoms with Crippen LogP contribution in [-0.2, 0) is 0 Å². The fourth-order valence-corrected chi connectivity index (χ4v) is 2.44. The lowest BCUT2D eigenvalue weighted by Gasteiger charge is -2.24. The van der Waals surface area contributed by atoms with Crippen molar-refractivity contribution in [1.29, 1.82) is 0 Å². The van der Waals surface area contributed by atoms with Crippen molar-refractivity contribution in [2.75, 3.05) is 18.9 Å². The summed E-state index contributed by atoms with van der Waals surface area (Å²) in [6, 6.07) is 4.84. The predicted molar refractivity (Wildman–Crippen MR) is 68.3 cm³/mol. The normalized spacial score (nSPS) is 19.2. The van der Waals surface area contributed by atoms with Crippen LogP contribution in [0.3, 0.4) is 0 Å². The first kappa shape index (κ1) is 12.7. The zero-order valence-corrected chi connectivity index (χ0v) is 10.2. The Morgan fingerprint density at radius 1 is 1.50 bits per heavy atom. The van der Waals surface area contributed by atoms with Crippen molar-refractivity contribution in [3.63, 3.8) is 0 Å². The highest BCUT2D eigenvalue weighted by Gasteiger charge is 2.30. The monoisotopic (exact) mass is 250 g/mol. The van der Waals surface area contributed by atoms with Gasteiger partial charge in [-0.1, -0.05) is 6.07 Å². The molecule has 1 aromatic carbocycles. The molecule has 1 saturated heterocycles. The molecule has 1 unspecified atom stereocenters. The number of para-hydroxylation sites is 1. The second-order valence-corrected chi connectivity index (χ2v) is 4.55. The number of carbonyl (C=O) groups is 1. The van der Waals surface area contributed by atoms with Crippen molar-refractivity contribution < 1.29 is 15.0 Å². The van der Waals surface area contributed by atoms with Crippen LogP contribution >= 0.6 is 0 Å². The fourth-order valence-electron chi connectivity index (χ4n) is 2.44. The van der Waals surface area contributed by atoms with Gasteiger partial charge >= 0.3 is 0 Å². The maximum absolute atomic E-state index is 12.3. The Kier molecular flexibility index (Phi) is 3.72. The predicted octanol–water partition coefficient (Wildman–Crippen LogP) is 0.961.